The number of rotatable bonds is 3. The number of pyridine rings is 1. The lowest BCUT2D eigenvalue weighted by Crippen LogP contribution is -2.35. The van der Waals surface area contributed by atoms with Gasteiger partial charge in [-0.25, -0.2) is 13.4 Å². The molecule has 152 valence electrons. The first-order valence-corrected chi connectivity index (χ1v) is 10.8. The van der Waals surface area contributed by atoms with Gasteiger partial charge in [0.2, 0.25) is 0 Å². The van der Waals surface area contributed by atoms with E-state index in [1.807, 2.05) is 0 Å². The standard InChI is InChI=1S/C20H13Cl2N3O4S/c21-12-6-7-13(15(22)9-12)11-5-8-17(23-10-11)24-20(27)18-19(26)14-3-1-2-4-16(14)30(28,29)25-18/h1-10,25-26H,(H,23,24,27). The van der Waals surface area contributed by atoms with Crippen molar-refractivity contribution in [2.24, 2.45) is 0 Å². The Labute approximate surface area is 182 Å². The van der Waals surface area contributed by atoms with E-state index in [-0.39, 0.29) is 16.3 Å². The van der Waals surface area contributed by atoms with Crippen LogP contribution in [0.1, 0.15) is 5.56 Å². The number of hydrogen-bond donors (Lipinski definition) is 3. The summed E-state index contributed by atoms with van der Waals surface area (Å²) in [7, 11) is -3.99. The molecule has 4 rings (SSSR count). The van der Waals surface area contributed by atoms with E-state index in [4.69, 9.17) is 23.2 Å². The van der Waals surface area contributed by atoms with Crippen molar-refractivity contribution in [3.63, 3.8) is 0 Å². The molecule has 0 bridgehead atoms. The number of fused-ring (bicyclic) bond motifs is 1. The van der Waals surface area contributed by atoms with Gasteiger partial charge in [-0.05, 0) is 36.4 Å². The molecule has 2 aromatic carbocycles. The van der Waals surface area contributed by atoms with E-state index >= 15 is 0 Å². The van der Waals surface area contributed by atoms with E-state index in [0.717, 1.165) is 0 Å². The highest BCUT2D eigenvalue weighted by Gasteiger charge is 2.32. The van der Waals surface area contributed by atoms with Gasteiger partial charge in [-0.3, -0.25) is 9.52 Å². The van der Waals surface area contributed by atoms with Crippen LogP contribution in [0.25, 0.3) is 16.9 Å². The lowest BCUT2D eigenvalue weighted by molar-refractivity contribution is -0.113. The zero-order valence-electron chi connectivity index (χ0n) is 15.1. The molecule has 0 unspecified atom stereocenters. The first-order valence-electron chi connectivity index (χ1n) is 8.54. The number of carbonyl (C=O) groups is 1. The number of hydrogen-bond acceptors (Lipinski definition) is 5. The summed E-state index contributed by atoms with van der Waals surface area (Å²) in [5.41, 5.74) is 0.967. The molecule has 10 heteroatoms. The van der Waals surface area contributed by atoms with Crippen molar-refractivity contribution in [2.75, 3.05) is 5.32 Å². The predicted molar refractivity (Wildman–Crippen MR) is 115 cm³/mol. The minimum Gasteiger partial charge on any atom is -0.505 e. The van der Waals surface area contributed by atoms with E-state index in [9.17, 15) is 18.3 Å². The number of anilines is 1. The van der Waals surface area contributed by atoms with Crippen LogP contribution in [0.2, 0.25) is 10.0 Å². The molecule has 7 nitrogen and oxygen atoms in total. The first-order chi connectivity index (χ1) is 14.3. The van der Waals surface area contributed by atoms with Gasteiger partial charge in [-0.15, -0.1) is 0 Å². The van der Waals surface area contributed by atoms with Gasteiger partial charge in [-0.1, -0.05) is 41.4 Å². The number of aromatic nitrogens is 1. The van der Waals surface area contributed by atoms with Crippen LogP contribution in [0.4, 0.5) is 5.82 Å². The first kappa shape index (κ1) is 20.2. The predicted octanol–water partition coefficient (Wildman–Crippen LogP) is 4.21. The van der Waals surface area contributed by atoms with Gasteiger partial charge in [0.25, 0.3) is 15.9 Å². The fraction of sp³-hybridized carbons (Fsp3) is 0. The number of nitrogens with one attached hydrogen (secondary N) is 2. The Kier molecular flexibility index (Phi) is 5.15. The van der Waals surface area contributed by atoms with Gasteiger partial charge in [0.1, 0.15) is 5.82 Å². The molecular weight excluding hydrogens is 449 g/mol. The molecule has 1 aliphatic heterocycles. The van der Waals surface area contributed by atoms with Crippen LogP contribution in [-0.2, 0) is 14.8 Å². The van der Waals surface area contributed by atoms with Crippen LogP contribution >= 0.6 is 23.2 Å². The number of benzene rings is 2. The van der Waals surface area contributed by atoms with Gasteiger partial charge in [-0.2, -0.15) is 0 Å². The molecule has 0 atom stereocenters. The minimum atomic E-state index is -3.99. The third kappa shape index (κ3) is 3.72. The van der Waals surface area contributed by atoms with Gasteiger partial charge >= 0.3 is 0 Å². The molecule has 0 saturated heterocycles. The maximum Gasteiger partial charge on any atom is 0.277 e. The zero-order chi connectivity index (χ0) is 21.5. The number of aliphatic hydroxyl groups excluding tert-OH is 1. The molecular formula is C20H13Cl2N3O4S. The SMILES string of the molecule is O=C(Nc1ccc(-c2ccc(Cl)cc2Cl)cn1)C1=C(O)c2ccccc2S(=O)(=O)N1. The molecule has 0 radical (unpaired) electrons. The summed E-state index contributed by atoms with van der Waals surface area (Å²) in [6.07, 6.45) is 1.50. The summed E-state index contributed by atoms with van der Waals surface area (Å²) in [4.78, 5) is 16.6. The van der Waals surface area contributed by atoms with Crippen molar-refractivity contribution in [1.29, 1.82) is 0 Å². The van der Waals surface area contributed by atoms with Crippen molar-refractivity contribution < 1.29 is 18.3 Å². The van der Waals surface area contributed by atoms with Crippen LogP contribution < -0.4 is 10.0 Å². The largest absolute Gasteiger partial charge is 0.505 e. The highest BCUT2D eigenvalue weighted by atomic mass is 35.5. The molecule has 1 amide bonds. The monoisotopic (exact) mass is 461 g/mol. The summed E-state index contributed by atoms with van der Waals surface area (Å²) in [5, 5.41) is 13.8. The molecule has 1 aromatic heterocycles. The van der Waals surface area contributed by atoms with Crippen LogP contribution in [0.3, 0.4) is 0 Å². The molecule has 1 aliphatic rings. The lowest BCUT2D eigenvalue weighted by atomic mass is 10.1. The molecule has 2 heterocycles. The lowest BCUT2D eigenvalue weighted by Gasteiger charge is -2.20. The molecule has 30 heavy (non-hydrogen) atoms. The average molecular weight is 462 g/mol. The number of sulfonamides is 1. The average Bonchev–Trinajstić information content (AvgIpc) is 2.72. The fourth-order valence-electron chi connectivity index (χ4n) is 2.95. The summed E-state index contributed by atoms with van der Waals surface area (Å²) < 4.78 is 26.8. The van der Waals surface area contributed by atoms with Crippen LogP contribution in [-0.4, -0.2) is 24.4 Å². The normalized spacial score (nSPS) is 14.6. The number of carbonyl (C=O) groups excluding carboxylic acids is 1. The minimum absolute atomic E-state index is 0.0436. The number of nitrogens with zero attached hydrogens (tertiary/aromatic N) is 1. The smallest absolute Gasteiger partial charge is 0.277 e. The zero-order valence-corrected chi connectivity index (χ0v) is 17.4. The number of amides is 1. The summed E-state index contributed by atoms with van der Waals surface area (Å²) in [6, 6.07) is 14.1. The highest BCUT2D eigenvalue weighted by molar-refractivity contribution is 7.89. The number of aliphatic hydroxyl groups is 1. The van der Waals surface area contributed by atoms with E-state index < -0.39 is 27.4 Å². The Morgan fingerprint density at radius 1 is 1.03 bits per heavy atom. The molecule has 3 N–H and O–H groups in total. The second-order valence-electron chi connectivity index (χ2n) is 6.34. The third-order valence-electron chi connectivity index (χ3n) is 4.38. The molecule has 0 aliphatic carbocycles. The Morgan fingerprint density at radius 2 is 1.80 bits per heavy atom. The quantitative estimate of drug-likeness (QED) is 0.541. The van der Waals surface area contributed by atoms with E-state index in [2.05, 4.69) is 15.0 Å². The number of halogens is 2. The second kappa shape index (κ2) is 7.64. The van der Waals surface area contributed by atoms with Crippen molar-refractivity contribution in [3.8, 4) is 11.1 Å². The van der Waals surface area contributed by atoms with Crippen LogP contribution in [0.5, 0.6) is 0 Å². The summed E-state index contributed by atoms with van der Waals surface area (Å²) >= 11 is 12.1. The van der Waals surface area contributed by atoms with Crippen molar-refractivity contribution in [1.82, 2.24) is 9.71 Å². The molecule has 3 aromatic rings. The fourth-order valence-corrected chi connectivity index (χ4v) is 4.75. The topological polar surface area (TPSA) is 108 Å². The summed E-state index contributed by atoms with van der Waals surface area (Å²) in [5.74, 6) is -1.16. The van der Waals surface area contributed by atoms with Crippen molar-refractivity contribution in [2.45, 2.75) is 4.90 Å². The molecule has 0 fully saturated rings. The van der Waals surface area contributed by atoms with Gasteiger partial charge < -0.3 is 10.4 Å². The maximum absolute atomic E-state index is 12.6. The Bertz CT molecular complexity index is 1310. The Morgan fingerprint density at radius 3 is 2.50 bits per heavy atom. The van der Waals surface area contributed by atoms with E-state index in [0.29, 0.717) is 21.2 Å². The highest BCUT2D eigenvalue weighted by Crippen LogP contribution is 2.31. The van der Waals surface area contributed by atoms with Crippen LogP contribution in [0, 0.1) is 0 Å². The van der Waals surface area contributed by atoms with Crippen molar-refractivity contribution in [3.05, 3.63) is 82.1 Å². The maximum atomic E-state index is 12.6. The van der Waals surface area contributed by atoms with E-state index in [1.165, 1.54) is 30.5 Å². The van der Waals surface area contributed by atoms with Gasteiger partial charge in [0.15, 0.2) is 11.5 Å². The second-order valence-corrected chi connectivity index (χ2v) is 8.83. The Balaban J connectivity index is 1.60. The summed E-state index contributed by atoms with van der Waals surface area (Å²) in [6.45, 7) is 0. The third-order valence-corrected chi connectivity index (χ3v) is 6.33. The van der Waals surface area contributed by atoms with Gasteiger partial charge in [0, 0.05) is 32.9 Å². The van der Waals surface area contributed by atoms with Crippen molar-refractivity contribution >= 4 is 50.7 Å². The van der Waals surface area contributed by atoms with Crippen LogP contribution in [0.15, 0.2) is 71.4 Å². The van der Waals surface area contributed by atoms with Gasteiger partial charge in [0.05, 0.1) is 4.90 Å². The molecule has 0 saturated carbocycles. The van der Waals surface area contributed by atoms with E-state index in [1.54, 1.807) is 30.3 Å². The Hall–Kier alpha value is -3.07. The molecule has 0 spiro atoms.